The fourth-order valence-electron chi connectivity index (χ4n) is 1.48. The molecular formula is C13H11F2N9O3. The van der Waals surface area contributed by atoms with E-state index in [1.165, 1.54) is 6.33 Å². The molecule has 4 rings (SSSR count). The second-order valence-corrected chi connectivity index (χ2v) is 4.53. The smallest absolute Gasteiger partial charge is 0.346 e. The number of H-pyrrole nitrogens is 4. The summed E-state index contributed by atoms with van der Waals surface area (Å²) in [5.74, 6) is -1.99. The van der Waals surface area contributed by atoms with Crippen LogP contribution in [0.25, 0.3) is 11.2 Å². The van der Waals surface area contributed by atoms with Gasteiger partial charge in [-0.1, -0.05) is 0 Å². The van der Waals surface area contributed by atoms with Crippen LogP contribution in [0.2, 0.25) is 0 Å². The summed E-state index contributed by atoms with van der Waals surface area (Å²) in [4.78, 5) is 53.8. The lowest BCUT2D eigenvalue weighted by Gasteiger charge is -1.89. The number of nitrogens with zero attached hydrogens (tertiary/aromatic N) is 4. The van der Waals surface area contributed by atoms with Gasteiger partial charge >= 0.3 is 11.4 Å². The number of aromatic amines is 4. The van der Waals surface area contributed by atoms with Gasteiger partial charge in [0, 0.05) is 6.20 Å². The summed E-state index contributed by atoms with van der Waals surface area (Å²) in [5.41, 5.74) is 4.18. The van der Waals surface area contributed by atoms with Crippen LogP contribution in [0.3, 0.4) is 0 Å². The average Bonchev–Trinajstić information content (AvgIpc) is 3.12. The minimum atomic E-state index is -1.00. The predicted octanol–water partition coefficient (Wildman–Crippen LogP) is -0.954. The monoisotopic (exact) mass is 379 g/mol. The van der Waals surface area contributed by atoms with Gasteiger partial charge in [0.2, 0.25) is 5.82 Å². The summed E-state index contributed by atoms with van der Waals surface area (Å²) in [5, 5.41) is 0. The van der Waals surface area contributed by atoms with E-state index in [9.17, 15) is 23.2 Å². The highest BCUT2D eigenvalue weighted by Gasteiger charge is 1.95. The number of nitrogen functional groups attached to an aromatic ring is 1. The van der Waals surface area contributed by atoms with E-state index < -0.39 is 28.6 Å². The molecule has 6 N–H and O–H groups in total. The molecule has 4 aromatic heterocycles. The quantitative estimate of drug-likeness (QED) is 0.258. The number of halogens is 2. The van der Waals surface area contributed by atoms with Crippen molar-refractivity contribution < 1.29 is 8.78 Å². The number of hydrogen-bond acceptors (Lipinski definition) is 8. The molecule has 0 aliphatic carbocycles. The molecule has 4 aromatic rings. The topological polar surface area (TPSA) is 192 Å². The Morgan fingerprint density at radius 1 is 0.926 bits per heavy atom. The van der Waals surface area contributed by atoms with Crippen LogP contribution in [0.4, 0.5) is 14.6 Å². The van der Waals surface area contributed by atoms with Gasteiger partial charge < -0.3 is 15.7 Å². The van der Waals surface area contributed by atoms with Crippen molar-refractivity contribution in [1.82, 2.24) is 39.9 Å². The van der Waals surface area contributed by atoms with Crippen molar-refractivity contribution >= 4 is 17.0 Å². The summed E-state index contributed by atoms with van der Waals surface area (Å²) in [6.45, 7) is 0. The largest absolute Gasteiger partial charge is 0.383 e. The molecule has 0 radical (unpaired) electrons. The van der Waals surface area contributed by atoms with Crippen LogP contribution >= 0.6 is 0 Å². The van der Waals surface area contributed by atoms with E-state index in [-0.39, 0.29) is 5.82 Å². The van der Waals surface area contributed by atoms with Crippen molar-refractivity contribution in [3.05, 3.63) is 74.2 Å². The van der Waals surface area contributed by atoms with Crippen LogP contribution in [0, 0.1) is 11.6 Å². The SMILES string of the molecule is Nc1[nH]c(=O)ncc1F.O=c1[nH]cc(F)c(=O)[nH]1.c1ncc2[nH]cnc2n1. The molecule has 0 aliphatic rings. The predicted molar refractivity (Wildman–Crippen MR) is 88.6 cm³/mol. The Labute approximate surface area is 146 Å². The first-order chi connectivity index (χ1) is 12.9. The van der Waals surface area contributed by atoms with Crippen LogP contribution in [-0.4, -0.2) is 39.9 Å². The molecule has 0 atom stereocenters. The molecule has 4 heterocycles. The molecule has 140 valence electrons. The lowest BCUT2D eigenvalue weighted by Crippen LogP contribution is -2.23. The Morgan fingerprint density at radius 2 is 1.70 bits per heavy atom. The molecule has 0 amide bonds. The number of nitrogens with one attached hydrogen (secondary N) is 4. The molecule has 0 unspecified atom stereocenters. The van der Waals surface area contributed by atoms with Crippen LogP contribution in [0.5, 0.6) is 0 Å². The lowest BCUT2D eigenvalue weighted by atomic mass is 10.6. The van der Waals surface area contributed by atoms with E-state index in [4.69, 9.17) is 5.73 Å². The van der Waals surface area contributed by atoms with Crippen LogP contribution in [0.15, 0.2) is 45.6 Å². The van der Waals surface area contributed by atoms with Crippen molar-refractivity contribution in [3.63, 3.8) is 0 Å². The Morgan fingerprint density at radius 3 is 2.30 bits per heavy atom. The fourth-order valence-corrected chi connectivity index (χ4v) is 1.48. The van der Waals surface area contributed by atoms with E-state index in [1.807, 2.05) is 9.97 Å². The van der Waals surface area contributed by atoms with Gasteiger partial charge in [0.25, 0.3) is 5.56 Å². The third-order valence-corrected chi connectivity index (χ3v) is 2.67. The van der Waals surface area contributed by atoms with E-state index >= 15 is 0 Å². The summed E-state index contributed by atoms with van der Waals surface area (Å²) in [6.07, 6.45) is 6.24. The maximum atomic E-state index is 12.1. The molecule has 27 heavy (non-hydrogen) atoms. The average molecular weight is 379 g/mol. The third-order valence-electron chi connectivity index (χ3n) is 2.67. The highest BCUT2D eigenvalue weighted by atomic mass is 19.1. The first kappa shape index (κ1) is 19.1. The Hall–Kier alpha value is -4.23. The van der Waals surface area contributed by atoms with Crippen LogP contribution in [-0.2, 0) is 0 Å². The summed E-state index contributed by atoms with van der Waals surface area (Å²) >= 11 is 0. The zero-order valence-corrected chi connectivity index (χ0v) is 13.2. The number of aromatic nitrogens is 8. The number of nitrogens with two attached hydrogens (primary N) is 1. The molecular weight excluding hydrogens is 368 g/mol. The number of imidazole rings is 1. The molecule has 0 saturated carbocycles. The molecule has 0 saturated heterocycles. The van der Waals surface area contributed by atoms with Gasteiger partial charge in [-0.15, -0.1) is 0 Å². The van der Waals surface area contributed by atoms with E-state index in [0.29, 0.717) is 11.8 Å². The number of hydrogen-bond donors (Lipinski definition) is 5. The highest BCUT2D eigenvalue weighted by Crippen LogP contribution is 1.99. The van der Waals surface area contributed by atoms with Crippen molar-refractivity contribution in [3.8, 4) is 0 Å². The molecule has 12 nitrogen and oxygen atoms in total. The second-order valence-electron chi connectivity index (χ2n) is 4.53. The maximum Gasteiger partial charge on any atom is 0.346 e. The number of anilines is 1. The molecule has 0 aromatic carbocycles. The van der Waals surface area contributed by atoms with Crippen molar-refractivity contribution in [2.45, 2.75) is 0 Å². The molecule has 0 bridgehead atoms. The summed E-state index contributed by atoms with van der Waals surface area (Å²) in [7, 11) is 0. The van der Waals surface area contributed by atoms with Gasteiger partial charge in [-0.25, -0.2) is 28.9 Å². The minimum Gasteiger partial charge on any atom is -0.383 e. The Balaban J connectivity index is 0.000000145. The van der Waals surface area contributed by atoms with Gasteiger partial charge in [-0.2, -0.15) is 9.37 Å². The standard InChI is InChI=1S/C5H4N4.C4H4FN3O.C4H3FN2O2/c1-4-5(8-2-6-1)9-3-7-4;5-2-1-7-4(9)8-3(2)6;5-2-1-6-4(9)7-3(2)8/h1-3H,(H,6,7,8,9);1H,(H3,6,7,8,9);1H,(H2,6,7,8,9). The van der Waals surface area contributed by atoms with E-state index in [2.05, 4.69) is 24.9 Å². The maximum absolute atomic E-state index is 12.1. The summed E-state index contributed by atoms with van der Waals surface area (Å²) in [6, 6.07) is 0. The minimum absolute atomic E-state index is 0.282. The van der Waals surface area contributed by atoms with Gasteiger partial charge in [0.15, 0.2) is 11.5 Å². The second kappa shape index (κ2) is 8.75. The van der Waals surface area contributed by atoms with Gasteiger partial charge in [0.05, 0.1) is 18.7 Å². The van der Waals surface area contributed by atoms with E-state index in [1.54, 1.807) is 17.5 Å². The number of rotatable bonds is 0. The zero-order chi connectivity index (χ0) is 19.8. The van der Waals surface area contributed by atoms with Crippen LogP contribution < -0.4 is 22.7 Å². The van der Waals surface area contributed by atoms with E-state index in [0.717, 1.165) is 11.7 Å². The van der Waals surface area contributed by atoms with Crippen LogP contribution in [0.1, 0.15) is 0 Å². The highest BCUT2D eigenvalue weighted by molar-refractivity contribution is 5.67. The Bertz CT molecular complexity index is 1170. The third kappa shape index (κ3) is 5.66. The first-order valence-corrected chi connectivity index (χ1v) is 6.93. The first-order valence-electron chi connectivity index (χ1n) is 6.93. The van der Waals surface area contributed by atoms with Gasteiger partial charge in [-0.05, 0) is 0 Å². The zero-order valence-electron chi connectivity index (χ0n) is 13.2. The van der Waals surface area contributed by atoms with Gasteiger partial charge in [0.1, 0.15) is 17.7 Å². The molecule has 0 spiro atoms. The van der Waals surface area contributed by atoms with Crippen molar-refractivity contribution in [2.24, 2.45) is 0 Å². The number of fused-ring (bicyclic) bond motifs is 1. The molecule has 0 aliphatic heterocycles. The molecule has 14 heteroatoms. The van der Waals surface area contributed by atoms with Crippen molar-refractivity contribution in [2.75, 3.05) is 5.73 Å². The lowest BCUT2D eigenvalue weighted by molar-refractivity contribution is 0.597. The van der Waals surface area contributed by atoms with Gasteiger partial charge in [-0.3, -0.25) is 14.8 Å². The molecule has 0 fully saturated rings. The summed E-state index contributed by atoms with van der Waals surface area (Å²) < 4.78 is 24.1. The normalized spacial score (nSPS) is 9.70. The fraction of sp³-hybridized carbons (Fsp3) is 0. The van der Waals surface area contributed by atoms with Crippen molar-refractivity contribution in [1.29, 1.82) is 0 Å². The Kier molecular flexibility index (Phi) is 6.19.